The van der Waals surface area contributed by atoms with Crippen LogP contribution in [0.2, 0.25) is 0 Å². The molecule has 0 radical (unpaired) electrons. The van der Waals surface area contributed by atoms with Gasteiger partial charge in [-0.05, 0) is 13.3 Å². The minimum absolute atomic E-state index is 0.166. The van der Waals surface area contributed by atoms with Gasteiger partial charge >= 0.3 is 17.9 Å². The molecule has 0 aliphatic heterocycles. The van der Waals surface area contributed by atoms with Gasteiger partial charge in [0, 0.05) is 5.57 Å². The van der Waals surface area contributed by atoms with E-state index in [1.165, 1.54) is 6.92 Å². The van der Waals surface area contributed by atoms with Crippen molar-refractivity contribution in [1.82, 2.24) is 0 Å². The molecule has 0 bridgehead atoms. The van der Waals surface area contributed by atoms with Gasteiger partial charge in [0.1, 0.15) is 19.1 Å². The number of carbonyl (C=O) groups excluding carboxylic acids is 2. The van der Waals surface area contributed by atoms with Gasteiger partial charge in [0.05, 0.1) is 0 Å². The van der Waals surface area contributed by atoms with Crippen molar-refractivity contribution in [2.45, 2.75) is 32.8 Å². The third-order valence-corrected chi connectivity index (χ3v) is 1.79. The first kappa shape index (κ1) is 16.1. The summed E-state index contributed by atoms with van der Waals surface area (Å²) in [5.74, 6) is -2.87. The molecule has 0 heterocycles. The second kappa shape index (κ2) is 8.24. The molecule has 7 heteroatoms. The Morgan fingerprint density at radius 3 is 2.39 bits per heavy atom. The van der Waals surface area contributed by atoms with Crippen LogP contribution in [0.25, 0.3) is 0 Å². The Morgan fingerprint density at radius 2 is 1.94 bits per heavy atom. The second-order valence-electron chi connectivity index (χ2n) is 3.53. The fraction of sp³-hybridized carbons (Fsp3) is 0.545. The van der Waals surface area contributed by atoms with E-state index in [4.69, 9.17) is 9.84 Å². The second-order valence-corrected chi connectivity index (χ2v) is 3.53. The molecular weight excluding hydrogens is 244 g/mol. The fourth-order valence-electron chi connectivity index (χ4n) is 0.821. The summed E-state index contributed by atoms with van der Waals surface area (Å²) in [6, 6.07) is 0. The first-order valence-corrected chi connectivity index (χ1v) is 5.27. The summed E-state index contributed by atoms with van der Waals surface area (Å²) >= 11 is 0. The first-order chi connectivity index (χ1) is 8.36. The molecule has 0 spiro atoms. The molecule has 0 amide bonds. The third kappa shape index (κ3) is 7.39. The summed E-state index contributed by atoms with van der Waals surface area (Å²) in [5, 5.41) is 8.37. The topological polar surface area (TPSA) is 99.1 Å². The van der Waals surface area contributed by atoms with Crippen molar-refractivity contribution >= 4 is 17.9 Å². The number of ether oxygens (including phenoxy) is 1. The molecule has 0 aromatic carbocycles. The lowest BCUT2D eigenvalue weighted by atomic mass is 10.3. The number of hydrogen-bond acceptors (Lipinski definition) is 6. The van der Waals surface area contributed by atoms with Crippen LogP contribution in [0, 0.1) is 0 Å². The average molecular weight is 260 g/mol. The zero-order valence-electron chi connectivity index (χ0n) is 10.3. The number of rotatable bonds is 8. The lowest BCUT2D eigenvalue weighted by Gasteiger charge is -2.14. The molecular formula is C11H16O7. The van der Waals surface area contributed by atoms with Crippen molar-refractivity contribution in [1.29, 1.82) is 0 Å². The largest absolute Gasteiger partial charge is 0.481 e. The van der Waals surface area contributed by atoms with Gasteiger partial charge in [0.25, 0.3) is 0 Å². The zero-order chi connectivity index (χ0) is 14.1. The maximum absolute atomic E-state index is 11.0. The van der Waals surface area contributed by atoms with Gasteiger partial charge in [0.15, 0.2) is 0 Å². The number of esters is 1. The summed E-state index contributed by atoms with van der Waals surface area (Å²) in [6.45, 7) is 6.35. The van der Waals surface area contributed by atoms with Crippen LogP contribution >= 0.6 is 0 Å². The van der Waals surface area contributed by atoms with Crippen LogP contribution < -0.4 is 0 Å². The fourth-order valence-corrected chi connectivity index (χ4v) is 0.821. The normalized spacial score (nSPS) is 11.4. The van der Waals surface area contributed by atoms with E-state index in [1.54, 1.807) is 6.92 Å². The molecule has 1 atom stereocenters. The predicted molar refractivity (Wildman–Crippen MR) is 59.3 cm³/mol. The van der Waals surface area contributed by atoms with Crippen molar-refractivity contribution in [3.8, 4) is 0 Å². The number of carboxylic acids is 1. The lowest BCUT2D eigenvalue weighted by Crippen LogP contribution is -2.25. The number of carbonyl (C=O) groups is 3. The van der Waals surface area contributed by atoms with Crippen LogP contribution in [0.3, 0.4) is 0 Å². The van der Waals surface area contributed by atoms with E-state index in [0.29, 0.717) is 6.42 Å². The van der Waals surface area contributed by atoms with Crippen LogP contribution in [0.5, 0.6) is 0 Å². The average Bonchev–Trinajstić information content (AvgIpc) is 2.26. The van der Waals surface area contributed by atoms with E-state index >= 15 is 0 Å². The van der Waals surface area contributed by atoms with Gasteiger partial charge in [-0.2, -0.15) is 4.89 Å². The van der Waals surface area contributed by atoms with E-state index in [-0.39, 0.29) is 12.2 Å². The van der Waals surface area contributed by atoms with Crippen molar-refractivity contribution < 1.29 is 34.0 Å². The maximum atomic E-state index is 11.0. The summed E-state index contributed by atoms with van der Waals surface area (Å²) in [7, 11) is 0. The van der Waals surface area contributed by atoms with Gasteiger partial charge < -0.3 is 9.84 Å². The molecule has 1 N–H and O–H groups in total. The highest BCUT2D eigenvalue weighted by Gasteiger charge is 2.17. The molecule has 0 fully saturated rings. The van der Waals surface area contributed by atoms with Crippen LogP contribution in [0.4, 0.5) is 0 Å². The van der Waals surface area contributed by atoms with E-state index in [1.807, 2.05) is 0 Å². The Hall–Kier alpha value is -1.89. The summed E-state index contributed by atoms with van der Waals surface area (Å²) in [5.41, 5.74) is 0.172. The van der Waals surface area contributed by atoms with Crippen LogP contribution in [0.1, 0.15) is 26.7 Å². The van der Waals surface area contributed by atoms with Crippen LogP contribution in [-0.2, 0) is 28.9 Å². The van der Waals surface area contributed by atoms with Gasteiger partial charge in [-0.1, -0.05) is 13.5 Å². The van der Waals surface area contributed by atoms with E-state index in [9.17, 15) is 14.4 Å². The van der Waals surface area contributed by atoms with Crippen molar-refractivity contribution in [3.05, 3.63) is 12.2 Å². The molecule has 0 saturated carbocycles. The molecule has 102 valence electrons. The van der Waals surface area contributed by atoms with Crippen molar-refractivity contribution in [2.75, 3.05) is 6.61 Å². The Morgan fingerprint density at radius 1 is 1.33 bits per heavy atom. The zero-order valence-corrected chi connectivity index (χ0v) is 10.3. The summed E-state index contributed by atoms with van der Waals surface area (Å²) in [4.78, 5) is 41.2. The Kier molecular flexibility index (Phi) is 7.37. The monoisotopic (exact) mass is 260 g/mol. The molecule has 18 heavy (non-hydrogen) atoms. The SMILES string of the molecule is C=C(C)C(=O)OOCC(CC)OC(=O)CC(=O)O. The first-order valence-electron chi connectivity index (χ1n) is 5.27. The maximum Gasteiger partial charge on any atom is 0.368 e. The number of carboxylic acid groups (broad SMARTS) is 1. The minimum atomic E-state index is -1.27. The molecule has 0 aromatic heterocycles. The highest BCUT2D eigenvalue weighted by atomic mass is 17.2. The van der Waals surface area contributed by atoms with Gasteiger partial charge in [0.2, 0.25) is 0 Å². The van der Waals surface area contributed by atoms with E-state index in [0.717, 1.165) is 0 Å². The quantitative estimate of drug-likeness (QED) is 0.227. The van der Waals surface area contributed by atoms with E-state index in [2.05, 4.69) is 16.4 Å². The van der Waals surface area contributed by atoms with Crippen molar-refractivity contribution in [3.63, 3.8) is 0 Å². The van der Waals surface area contributed by atoms with Crippen LogP contribution in [-0.4, -0.2) is 35.7 Å². The van der Waals surface area contributed by atoms with Gasteiger partial charge in [-0.3, -0.25) is 14.5 Å². The highest BCUT2D eigenvalue weighted by Crippen LogP contribution is 2.03. The summed E-state index contributed by atoms with van der Waals surface area (Å²) < 4.78 is 4.79. The minimum Gasteiger partial charge on any atom is -0.481 e. The molecule has 7 nitrogen and oxygen atoms in total. The van der Waals surface area contributed by atoms with E-state index < -0.39 is 30.4 Å². The molecule has 0 aliphatic carbocycles. The van der Waals surface area contributed by atoms with Crippen molar-refractivity contribution in [2.24, 2.45) is 0 Å². The van der Waals surface area contributed by atoms with Crippen LogP contribution in [0.15, 0.2) is 12.2 Å². The molecule has 0 rings (SSSR count). The number of hydrogen-bond donors (Lipinski definition) is 1. The highest BCUT2D eigenvalue weighted by molar-refractivity contribution is 5.90. The lowest BCUT2D eigenvalue weighted by molar-refractivity contribution is -0.278. The molecule has 0 saturated heterocycles. The Bertz CT molecular complexity index is 334. The predicted octanol–water partition coefficient (Wildman–Crippen LogP) is 0.834. The standard InChI is InChI=1S/C11H16O7/c1-4-8(17-10(14)5-9(12)13)6-16-18-11(15)7(2)3/h8H,2,4-6H2,1,3H3,(H,12,13). The Labute approximate surface area is 104 Å². The molecule has 1 unspecified atom stereocenters. The smallest absolute Gasteiger partial charge is 0.368 e. The third-order valence-electron chi connectivity index (χ3n) is 1.79. The summed E-state index contributed by atoms with van der Waals surface area (Å²) in [6.07, 6.45) is -0.993. The molecule has 0 aromatic rings. The Balaban J connectivity index is 3.97. The molecule has 0 aliphatic rings. The number of aliphatic carboxylic acids is 1. The van der Waals surface area contributed by atoms with Gasteiger partial charge in [-0.25, -0.2) is 4.79 Å². The van der Waals surface area contributed by atoms with Gasteiger partial charge in [-0.15, -0.1) is 0 Å².